The van der Waals surface area contributed by atoms with E-state index in [-0.39, 0.29) is 17.8 Å². The first kappa shape index (κ1) is 15.3. The van der Waals surface area contributed by atoms with E-state index in [1.54, 1.807) is 6.92 Å². The Kier molecular flexibility index (Phi) is 4.16. The fraction of sp³-hybridized carbons (Fsp3) is 0.200. The predicted octanol–water partition coefficient (Wildman–Crippen LogP) is 4.90. The van der Waals surface area contributed by atoms with Gasteiger partial charge in [0.2, 0.25) is 0 Å². The highest BCUT2D eigenvalue weighted by Gasteiger charge is 2.30. The highest BCUT2D eigenvalue weighted by Crippen LogP contribution is 2.32. The fourth-order valence-electron chi connectivity index (χ4n) is 1.87. The van der Waals surface area contributed by atoms with Gasteiger partial charge >= 0.3 is 6.18 Å². The molecule has 6 heteroatoms. The maximum absolute atomic E-state index is 13.5. The Morgan fingerprint density at radius 1 is 1.00 bits per heavy atom. The van der Waals surface area contributed by atoms with E-state index in [4.69, 9.17) is 0 Å². The van der Waals surface area contributed by atoms with Crippen LogP contribution in [0.3, 0.4) is 0 Å². The molecule has 0 aliphatic heterocycles. The van der Waals surface area contributed by atoms with Crippen molar-refractivity contribution in [2.24, 2.45) is 0 Å². The van der Waals surface area contributed by atoms with Crippen LogP contribution in [-0.2, 0) is 12.7 Å². The molecule has 0 atom stereocenters. The van der Waals surface area contributed by atoms with Crippen molar-refractivity contribution in [3.05, 3.63) is 64.7 Å². The van der Waals surface area contributed by atoms with Crippen molar-refractivity contribution in [1.29, 1.82) is 0 Å². The summed E-state index contributed by atoms with van der Waals surface area (Å²) >= 11 is 0. The normalized spacial score (nSPS) is 11.5. The first-order chi connectivity index (χ1) is 9.79. The molecule has 2 aromatic rings. The second-order valence-electron chi connectivity index (χ2n) is 4.58. The Bertz CT molecular complexity index is 629. The highest BCUT2D eigenvalue weighted by molar-refractivity contribution is 5.53. The SMILES string of the molecule is Cc1ccc(C(F)(F)F)cc1NCc1c(F)cccc1F. The van der Waals surface area contributed by atoms with E-state index in [2.05, 4.69) is 5.32 Å². The van der Waals surface area contributed by atoms with E-state index in [0.717, 1.165) is 24.3 Å². The summed E-state index contributed by atoms with van der Waals surface area (Å²) in [5.41, 5.74) is -0.286. The molecule has 0 saturated heterocycles. The average molecular weight is 301 g/mol. The summed E-state index contributed by atoms with van der Waals surface area (Å²) < 4.78 is 64.9. The van der Waals surface area contributed by atoms with Gasteiger partial charge in [-0.2, -0.15) is 13.2 Å². The van der Waals surface area contributed by atoms with Crippen molar-refractivity contribution < 1.29 is 22.0 Å². The molecule has 2 aromatic carbocycles. The molecule has 21 heavy (non-hydrogen) atoms. The highest BCUT2D eigenvalue weighted by atomic mass is 19.4. The van der Waals surface area contributed by atoms with Gasteiger partial charge in [0.05, 0.1) is 5.56 Å². The van der Waals surface area contributed by atoms with E-state index in [9.17, 15) is 22.0 Å². The molecule has 0 spiro atoms. The molecule has 0 aromatic heterocycles. The van der Waals surface area contributed by atoms with Gasteiger partial charge in [0.15, 0.2) is 0 Å². The summed E-state index contributed by atoms with van der Waals surface area (Å²) in [6.07, 6.45) is -4.46. The van der Waals surface area contributed by atoms with Crippen molar-refractivity contribution >= 4 is 5.69 Å². The average Bonchev–Trinajstić information content (AvgIpc) is 2.38. The number of hydrogen-bond acceptors (Lipinski definition) is 1. The Hall–Kier alpha value is -2.11. The molecule has 112 valence electrons. The number of anilines is 1. The molecule has 0 bridgehead atoms. The third-order valence-electron chi connectivity index (χ3n) is 3.08. The van der Waals surface area contributed by atoms with E-state index in [1.807, 2.05) is 0 Å². The minimum atomic E-state index is -4.46. The van der Waals surface area contributed by atoms with Gasteiger partial charge in [-0.1, -0.05) is 12.1 Å². The lowest BCUT2D eigenvalue weighted by Gasteiger charge is -2.14. The zero-order chi connectivity index (χ0) is 15.6. The van der Waals surface area contributed by atoms with Gasteiger partial charge in [0.1, 0.15) is 11.6 Å². The molecule has 0 radical (unpaired) electrons. The fourth-order valence-corrected chi connectivity index (χ4v) is 1.87. The smallest absolute Gasteiger partial charge is 0.381 e. The molecule has 2 rings (SSSR count). The first-order valence-corrected chi connectivity index (χ1v) is 6.13. The van der Waals surface area contributed by atoms with Gasteiger partial charge in [-0.3, -0.25) is 0 Å². The largest absolute Gasteiger partial charge is 0.416 e. The molecule has 0 heterocycles. The summed E-state index contributed by atoms with van der Waals surface area (Å²) in [7, 11) is 0. The van der Waals surface area contributed by atoms with Crippen molar-refractivity contribution in [3.8, 4) is 0 Å². The lowest BCUT2D eigenvalue weighted by Crippen LogP contribution is -2.09. The van der Waals surface area contributed by atoms with Gasteiger partial charge in [0, 0.05) is 17.8 Å². The Morgan fingerprint density at radius 3 is 2.19 bits per heavy atom. The van der Waals surface area contributed by atoms with Crippen LogP contribution in [0, 0.1) is 18.6 Å². The Labute approximate surface area is 118 Å². The summed E-state index contributed by atoms with van der Waals surface area (Å²) in [5.74, 6) is -1.49. The number of nitrogens with one attached hydrogen (secondary N) is 1. The number of benzene rings is 2. The van der Waals surface area contributed by atoms with Crippen molar-refractivity contribution in [3.63, 3.8) is 0 Å². The molecule has 1 nitrogen and oxygen atoms in total. The van der Waals surface area contributed by atoms with Gasteiger partial charge in [-0.05, 0) is 36.8 Å². The van der Waals surface area contributed by atoms with Gasteiger partial charge in [-0.25, -0.2) is 8.78 Å². The van der Waals surface area contributed by atoms with Gasteiger partial charge in [-0.15, -0.1) is 0 Å². The molecular formula is C15H12F5N. The Morgan fingerprint density at radius 2 is 1.62 bits per heavy atom. The second kappa shape index (κ2) is 5.71. The van der Waals surface area contributed by atoms with Crippen LogP contribution in [0.2, 0.25) is 0 Å². The van der Waals surface area contributed by atoms with Crippen LogP contribution >= 0.6 is 0 Å². The summed E-state index contributed by atoms with van der Waals surface area (Å²) in [6, 6.07) is 6.61. The predicted molar refractivity (Wildman–Crippen MR) is 69.9 cm³/mol. The van der Waals surface area contributed by atoms with Crippen molar-refractivity contribution in [2.45, 2.75) is 19.6 Å². The van der Waals surface area contributed by atoms with Crippen LogP contribution in [-0.4, -0.2) is 0 Å². The quantitative estimate of drug-likeness (QED) is 0.795. The van der Waals surface area contributed by atoms with Crippen molar-refractivity contribution in [1.82, 2.24) is 0 Å². The number of aryl methyl sites for hydroxylation is 1. The van der Waals surface area contributed by atoms with Crippen LogP contribution in [0.5, 0.6) is 0 Å². The molecule has 0 fully saturated rings. The maximum atomic E-state index is 13.5. The topological polar surface area (TPSA) is 12.0 Å². The third kappa shape index (κ3) is 3.51. The zero-order valence-corrected chi connectivity index (χ0v) is 11.1. The lowest BCUT2D eigenvalue weighted by molar-refractivity contribution is -0.137. The summed E-state index contributed by atoms with van der Waals surface area (Å²) in [6.45, 7) is 1.38. The monoisotopic (exact) mass is 301 g/mol. The molecule has 0 saturated carbocycles. The van der Waals surface area contributed by atoms with Crippen LogP contribution in [0.25, 0.3) is 0 Å². The number of hydrogen-bond donors (Lipinski definition) is 1. The zero-order valence-electron chi connectivity index (χ0n) is 11.1. The maximum Gasteiger partial charge on any atom is 0.416 e. The van der Waals surface area contributed by atoms with Crippen molar-refractivity contribution in [2.75, 3.05) is 5.32 Å². The van der Waals surface area contributed by atoms with E-state index < -0.39 is 23.4 Å². The molecule has 0 unspecified atom stereocenters. The lowest BCUT2D eigenvalue weighted by atomic mass is 10.1. The molecule has 1 N–H and O–H groups in total. The van der Waals surface area contributed by atoms with E-state index >= 15 is 0 Å². The van der Waals surface area contributed by atoms with Crippen LogP contribution < -0.4 is 5.32 Å². The molecule has 0 aliphatic rings. The van der Waals surface area contributed by atoms with Gasteiger partial charge in [0.25, 0.3) is 0 Å². The molecule has 0 amide bonds. The minimum Gasteiger partial charge on any atom is -0.381 e. The molecular weight excluding hydrogens is 289 g/mol. The van der Waals surface area contributed by atoms with E-state index in [1.165, 1.54) is 12.1 Å². The molecule has 0 aliphatic carbocycles. The van der Waals surface area contributed by atoms with Crippen LogP contribution in [0.1, 0.15) is 16.7 Å². The second-order valence-corrected chi connectivity index (χ2v) is 4.58. The summed E-state index contributed by atoms with van der Waals surface area (Å²) in [4.78, 5) is 0. The summed E-state index contributed by atoms with van der Waals surface area (Å²) in [5, 5.41) is 2.64. The number of rotatable bonds is 3. The Balaban J connectivity index is 2.24. The number of halogens is 5. The first-order valence-electron chi connectivity index (χ1n) is 6.13. The standard InChI is InChI=1S/C15H12F5N/c1-9-5-6-10(15(18,19)20)7-14(9)21-8-11-12(16)3-2-4-13(11)17/h2-7,21H,8H2,1H3. The van der Waals surface area contributed by atoms with Gasteiger partial charge < -0.3 is 5.32 Å². The minimum absolute atomic E-state index is 0.187. The number of alkyl halides is 3. The third-order valence-corrected chi connectivity index (χ3v) is 3.08. The van der Waals surface area contributed by atoms with Crippen LogP contribution in [0.4, 0.5) is 27.6 Å². The van der Waals surface area contributed by atoms with Crippen LogP contribution in [0.15, 0.2) is 36.4 Å². The van der Waals surface area contributed by atoms with E-state index in [0.29, 0.717) is 5.56 Å².